The number of primary amides is 1. The first-order valence-electron chi connectivity index (χ1n) is 7.45. The Bertz CT molecular complexity index is 896. The van der Waals surface area contributed by atoms with E-state index in [9.17, 15) is 19.7 Å². The Kier molecular flexibility index (Phi) is 4.41. The van der Waals surface area contributed by atoms with Gasteiger partial charge >= 0.3 is 0 Å². The van der Waals surface area contributed by atoms with Gasteiger partial charge in [-0.15, -0.1) is 0 Å². The molecule has 10 heteroatoms. The SMILES string of the molecule is NC(=O)C1CCN(c2cnn(-c3ccc([N+](=O)[O-])cc3)c(=O)c2Cl)C1. The van der Waals surface area contributed by atoms with Crippen LogP contribution in [0, 0.1) is 16.0 Å². The molecule has 1 unspecified atom stereocenters. The maximum Gasteiger partial charge on any atom is 0.292 e. The van der Waals surface area contributed by atoms with Crippen LogP contribution in [0.25, 0.3) is 5.69 Å². The Morgan fingerprint density at radius 1 is 1.36 bits per heavy atom. The molecule has 25 heavy (non-hydrogen) atoms. The second kappa shape index (κ2) is 6.52. The molecule has 2 aromatic rings. The molecular weight excluding hydrogens is 350 g/mol. The summed E-state index contributed by atoms with van der Waals surface area (Å²) in [7, 11) is 0. The predicted octanol–water partition coefficient (Wildman–Crippen LogP) is 1.11. The molecule has 1 aromatic carbocycles. The number of benzene rings is 1. The van der Waals surface area contributed by atoms with Crippen LogP contribution >= 0.6 is 11.6 Å². The van der Waals surface area contributed by atoms with Crippen LogP contribution in [0.2, 0.25) is 5.02 Å². The van der Waals surface area contributed by atoms with Crippen molar-refractivity contribution in [2.45, 2.75) is 6.42 Å². The standard InChI is InChI=1S/C15H14ClN5O4/c16-13-12(19-6-5-9(8-19)14(17)22)7-18-20(15(13)23)10-1-3-11(4-2-10)21(24)25/h1-4,7,9H,5-6,8H2,(H2,17,22). The second-order valence-corrected chi connectivity index (χ2v) is 6.05. The summed E-state index contributed by atoms with van der Waals surface area (Å²) in [4.78, 5) is 35.7. The van der Waals surface area contributed by atoms with E-state index in [1.165, 1.54) is 30.5 Å². The van der Waals surface area contributed by atoms with Crippen molar-refractivity contribution in [2.24, 2.45) is 11.7 Å². The van der Waals surface area contributed by atoms with Crippen molar-refractivity contribution in [3.05, 3.63) is 56.0 Å². The molecule has 2 heterocycles. The number of aromatic nitrogens is 2. The Morgan fingerprint density at radius 3 is 2.60 bits per heavy atom. The number of amides is 1. The van der Waals surface area contributed by atoms with Crippen LogP contribution < -0.4 is 16.2 Å². The first-order valence-corrected chi connectivity index (χ1v) is 7.83. The highest BCUT2D eigenvalue weighted by Crippen LogP contribution is 2.27. The summed E-state index contributed by atoms with van der Waals surface area (Å²) in [6.07, 6.45) is 2.03. The summed E-state index contributed by atoms with van der Waals surface area (Å²) >= 11 is 6.20. The summed E-state index contributed by atoms with van der Waals surface area (Å²) in [5.41, 5.74) is 5.48. The van der Waals surface area contributed by atoms with Crippen molar-refractivity contribution >= 4 is 28.9 Å². The Hall–Kier alpha value is -2.94. The first-order chi connectivity index (χ1) is 11.9. The van der Waals surface area contributed by atoms with Gasteiger partial charge in [0.05, 0.1) is 28.4 Å². The van der Waals surface area contributed by atoms with E-state index in [0.717, 1.165) is 4.68 Å². The number of nitro benzene ring substituents is 1. The number of nitrogens with zero attached hydrogens (tertiary/aromatic N) is 4. The van der Waals surface area contributed by atoms with Crippen molar-refractivity contribution in [3.8, 4) is 5.69 Å². The Labute approximate surface area is 146 Å². The zero-order valence-electron chi connectivity index (χ0n) is 13.0. The predicted molar refractivity (Wildman–Crippen MR) is 91.0 cm³/mol. The number of rotatable bonds is 4. The quantitative estimate of drug-likeness (QED) is 0.640. The molecule has 0 spiro atoms. The van der Waals surface area contributed by atoms with Crippen molar-refractivity contribution in [1.82, 2.24) is 9.78 Å². The van der Waals surface area contributed by atoms with Crippen LogP contribution in [-0.2, 0) is 4.79 Å². The van der Waals surface area contributed by atoms with Crippen molar-refractivity contribution in [1.29, 1.82) is 0 Å². The summed E-state index contributed by atoms with van der Waals surface area (Å²) in [5.74, 6) is -0.668. The highest BCUT2D eigenvalue weighted by atomic mass is 35.5. The third kappa shape index (κ3) is 3.18. The molecular formula is C15H14ClN5O4. The van der Waals surface area contributed by atoms with Crippen LogP contribution in [0.4, 0.5) is 11.4 Å². The molecule has 1 aliphatic heterocycles. The lowest BCUT2D eigenvalue weighted by Gasteiger charge is -2.19. The van der Waals surface area contributed by atoms with Crippen molar-refractivity contribution < 1.29 is 9.72 Å². The molecule has 1 amide bonds. The van der Waals surface area contributed by atoms with Gasteiger partial charge in [-0.3, -0.25) is 19.7 Å². The average Bonchev–Trinajstić information content (AvgIpc) is 3.07. The molecule has 0 aliphatic carbocycles. The molecule has 1 aromatic heterocycles. The highest BCUT2D eigenvalue weighted by Gasteiger charge is 2.29. The van der Waals surface area contributed by atoms with E-state index in [1.54, 1.807) is 4.90 Å². The normalized spacial score (nSPS) is 16.8. The largest absolute Gasteiger partial charge is 0.369 e. The molecule has 0 saturated carbocycles. The molecule has 1 aliphatic rings. The fourth-order valence-electron chi connectivity index (χ4n) is 2.76. The summed E-state index contributed by atoms with van der Waals surface area (Å²) in [5, 5.41) is 14.8. The minimum atomic E-state index is -0.546. The van der Waals surface area contributed by atoms with Crippen molar-refractivity contribution in [2.75, 3.05) is 18.0 Å². The number of nitrogens with two attached hydrogens (primary N) is 1. The summed E-state index contributed by atoms with van der Waals surface area (Å²) in [6, 6.07) is 5.40. The number of anilines is 1. The smallest absolute Gasteiger partial charge is 0.292 e. The third-order valence-electron chi connectivity index (χ3n) is 4.14. The van der Waals surface area contributed by atoms with Gasteiger partial charge in [-0.05, 0) is 18.6 Å². The number of hydrogen-bond acceptors (Lipinski definition) is 6. The lowest BCUT2D eigenvalue weighted by Crippen LogP contribution is -2.30. The molecule has 9 nitrogen and oxygen atoms in total. The van der Waals surface area contributed by atoms with Gasteiger partial charge in [0.2, 0.25) is 5.91 Å². The number of carbonyl (C=O) groups excluding carboxylic acids is 1. The van der Waals surface area contributed by atoms with Gasteiger partial charge in [-0.2, -0.15) is 9.78 Å². The van der Waals surface area contributed by atoms with Gasteiger partial charge in [-0.25, -0.2) is 0 Å². The van der Waals surface area contributed by atoms with Crippen LogP contribution in [0.5, 0.6) is 0 Å². The van der Waals surface area contributed by atoms with Gasteiger partial charge < -0.3 is 10.6 Å². The fourth-order valence-corrected chi connectivity index (χ4v) is 3.00. The maximum absolute atomic E-state index is 12.5. The summed E-state index contributed by atoms with van der Waals surface area (Å²) < 4.78 is 1.07. The molecule has 1 fully saturated rings. The van der Waals surface area contributed by atoms with Gasteiger partial charge in [0.25, 0.3) is 11.2 Å². The Morgan fingerprint density at radius 2 is 2.04 bits per heavy atom. The summed E-state index contributed by atoms with van der Waals surface area (Å²) in [6.45, 7) is 0.938. The highest BCUT2D eigenvalue weighted by molar-refractivity contribution is 6.33. The Balaban J connectivity index is 1.92. The van der Waals surface area contributed by atoms with Crippen molar-refractivity contribution in [3.63, 3.8) is 0 Å². The average molecular weight is 364 g/mol. The molecule has 0 radical (unpaired) electrons. The minimum Gasteiger partial charge on any atom is -0.369 e. The number of halogens is 1. The molecule has 130 valence electrons. The van der Waals surface area contributed by atoms with Crippen LogP contribution in [0.15, 0.2) is 35.3 Å². The molecule has 1 saturated heterocycles. The molecule has 0 bridgehead atoms. The maximum atomic E-state index is 12.5. The van der Waals surface area contributed by atoms with E-state index in [-0.39, 0.29) is 22.5 Å². The van der Waals surface area contributed by atoms with E-state index in [2.05, 4.69) is 5.10 Å². The molecule has 1 atom stereocenters. The van der Waals surface area contributed by atoms with E-state index in [4.69, 9.17) is 17.3 Å². The minimum absolute atomic E-state index is 0.0292. The monoisotopic (exact) mass is 363 g/mol. The topological polar surface area (TPSA) is 124 Å². The van der Waals surface area contributed by atoms with Gasteiger partial charge in [0.1, 0.15) is 5.02 Å². The third-order valence-corrected chi connectivity index (χ3v) is 4.49. The van der Waals surface area contributed by atoms with Gasteiger partial charge in [0, 0.05) is 25.2 Å². The first kappa shape index (κ1) is 16.9. The number of carbonyl (C=O) groups is 1. The van der Waals surface area contributed by atoms with Gasteiger partial charge in [0.15, 0.2) is 0 Å². The van der Waals surface area contributed by atoms with Crippen LogP contribution in [-0.4, -0.2) is 33.7 Å². The van der Waals surface area contributed by atoms with Crippen LogP contribution in [0.1, 0.15) is 6.42 Å². The lowest BCUT2D eigenvalue weighted by molar-refractivity contribution is -0.384. The van der Waals surface area contributed by atoms with Crippen LogP contribution in [0.3, 0.4) is 0 Å². The zero-order valence-corrected chi connectivity index (χ0v) is 13.7. The second-order valence-electron chi connectivity index (χ2n) is 5.67. The molecule has 2 N–H and O–H groups in total. The van der Waals surface area contributed by atoms with E-state index in [0.29, 0.717) is 30.9 Å². The fraction of sp³-hybridized carbons (Fsp3) is 0.267. The zero-order chi connectivity index (χ0) is 18.1. The number of nitro groups is 1. The van der Waals surface area contributed by atoms with Gasteiger partial charge in [-0.1, -0.05) is 11.6 Å². The molecule has 3 rings (SSSR count). The lowest BCUT2D eigenvalue weighted by atomic mass is 10.1. The van der Waals surface area contributed by atoms with E-state index < -0.39 is 10.5 Å². The van der Waals surface area contributed by atoms with E-state index in [1.807, 2.05) is 0 Å². The number of hydrogen-bond donors (Lipinski definition) is 1. The number of non-ortho nitro benzene ring substituents is 1. The van der Waals surface area contributed by atoms with E-state index >= 15 is 0 Å².